The van der Waals surface area contributed by atoms with Crippen molar-refractivity contribution in [1.29, 1.82) is 0 Å². The van der Waals surface area contributed by atoms with Gasteiger partial charge in [-0.15, -0.1) is 0 Å². The molecule has 0 aliphatic carbocycles. The predicted molar refractivity (Wildman–Crippen MR) is 104 cm³/mol. The van der Waals surface area contributed by atoms with Gasteiger partial charge in [0.25, 0.3) is 0 Å². The summed E-state index contributed by atoms with van der Waals surface area (Å²) in [4.78, 5) is 16.7. The minimum Gasteiger partial charge on any atom is -0.492 e. The number of benzene rings is 2. The highest BCUT2D eigenvalue weighted by atomic mass is 19.1. The molecule has 1 heterocycles. The second-order valence-corrected chi connectivity index (χ2v) is 6.83. The molecule has 5 nitrogen and oxygen atoms in total. The third-order valence-corrected chi connectivity index (χ3v) is 4.94. The first kappa shape index (κ1) is 20.2. The van der Waals surface area contributed by atoms with E-state index in [4.69, 9.17) is 4.74 Å². The normalized spacial score (nSPS) is 16.5. The molecule has 1 saturated heterocycles. The molecular weight excluding hydrogens is 364 g/mol. The topological polar surface area (TPSA) is 44.8 Å². The molecule has 1 unspecified atom stereocenters. The Balaban J connectivity index is 1.42. The van der Waals surface area contributed by atoms with Crippen molar-refractivity contribution < 1.29 is 18.3 Å². The fourth-order valence-electron chi connectivity index (χ4n) is 3.18. The van der Waals surface area contributed by atoms with Crippen molar-refractivity contribution in [2.45, 2.75) is 13.0 Å². The van der Waals surface area contributed by atoms with E-state index in [2.05, 4.69) is 10.2 Å². The van der Waals surface area contributed by atoms with Crippen molar-refractivity contribution in [3.05, 3.63) is 60.2 Å². The van der Waals surface area contributed by atoms with Crippen LogP contribution in [0.4, 0.5) is 14.5 Å². The second kappa shape index (κ2) is 9.61. The molecule has 1 amide bonds. The number of hydrogen-bond acceptors (Lipinski definition) is 4. The molecule has 0 bridgehead atoms. The zero-order valence-electron chi connectivity index (χ0n) is 15.9. The van der Waals surface area contributed by atoms with Crippen molar-refractivity contribution in [3.63, 3.8) is 0 Å². The Labute approximate surface area is 163 Å². The number of piperazine rings is 1. The minimum atomic E-state index is -0.648. The lowest BCUT2D eigenvalue weighted by molar-refractivity contribution is -0.121. The summed E-state index contributed by atoms with van der Waals surface area (Å²) >= 11 is 0. The van der Waals surface area contributed by atoms with Gasteiger partial charge in [-0.05, 0) is 31.2 Å². The largest absolute Gasteiger partial charge is 0.492 e. The summed E-state index contributed by atoms with van der Waals surface area (Å²) in [6.45, 7) is 6.31. The molecule has 1 aliphatic heterocycles. The lowest BCUT2D eigenvalue weighted by atomic mass is 10.2. The number of para-hydroxylation sites is 1. The Morgan fingerprint density at radius 3 is 2.54 bits per heavy atom. The van der Waals surface area contributed by atoms with E-state index in [1.807, 2.05) is 35.2 Å². The van der Waals surface area contributed by atoms with Crippen molar-refractivity contribution in [1.82, 2.24) is 9.80 Å². The summed E-state index contributed by atoms with van der Waals surface area (Å²) in [5.41, 5.74) is -0.131. The molecule has 28 heavy (non-hydrogen) atoms. The van der Waals surface area contributed by atoms with Gasteiger partial charge in [-0.2, -0.15) is 0 Å². The van der Waals surface area contributed by atoms with Gasteiger partial charge in [0.05, 0.1) is 11.7 Å². The summed E-state index contributed by atoms with van der Waals surface area (Å²) in [5.74, 6) is -0.720. The van der Waals surface area contributed by atoms with Gasteiger partial charge in [0, 0.05) is 38.8 Å². The van der Waals surface area contributed by atoms with Gasteiger partial charge in [0.15, 0.2) is 0 Å². The third kappa shape index (κ3) is 5.50. The maximum atomic E-state index is 13.7. The Hall–Kier alpha value is -2.51. The van der Waals surface area contributed by atoms with Crippen LogP contribution < -0.4 is 10.1 Å². The van der Waals surface area contributed by atoms with E-state index in [9.17, 15) is 13.6 Å². The second-order valence-electron chi connectivity index (χ2n) is 6.83. The Morgan fingerprint density at radius 2 is 1.82 bits per heavy atom. The van der Waals surface area contributed by atoms with Crippen LogP contribution in [0.5, 0.6) is 5.75 Å². The number of nitrogens with zero attached hydrogens (tertiary/aromatic N) is 2. The maximum Gasteiger partial charge on any atom is 0.241 e. The van der Waals surface area contributed by atoms with Gasteiger partial charge in [-0.25, -0.2) is 8.78 Å². The minimum absolute atomic E-state index is 0.131. The van der Waals surface area contributed by atoms with Crippen LogP contribution in [0.15, 0.2) is 48.5 Å². The molecule has 2 aromatic rings. The number of anilines is 1. The summed E-state index contributed by atoms with van der Waals surface area (Å²) in [7, 11) is 0. The van der Waals surface area contributed by atoms with E-state index >= 15 is 0 Å². The molecule has 0 saturated carbocycles. The monoisotopic (exact) mass is 389 g/mol. The lowest BCUT2D eigenvalue weighted by Gasteiger charge is -2.37. The average Bonchev–Trinajstić information content (AvgIpc) is 2.71. The summed E-state index contributed by atoms with van der Waals surface area (Å²) < 4.78 is 32.7. The first-order valence-electron chi connectivity index (χ1n) is 9.43. The standard InChI is InChI=1S/C21H25F2N3O2/c1-16(21(27)24-20-15-17(22)7-8-19(20)23)26-11-9-25(10-12-26)13-14-28-18-5-3-2-4-6-18/h2-8,15-16H,9-14H2,1H3,(H,24,27). The van der Waals surface area contributed by atoms with Gasteiger partial charge >= 0.3 is 0 Å². The van der Waals surface area contributed by atoms with E-state index in [-0.39, 0.29) is 11.6 Å². The number of hydrogen-bond donors (Lipinski definition) is 1. The van der Waals surface area contributed by atoms with Gasteiger partial charge in [0.2, 0.25) is 5.91 Å². The molecule has 7 heteroatoms. The summed E-state index contributed by atoms with van der Waals surface area (Å²) in [6, 6.07) is 12.3. The van der Waals surface area contributed by atoms with Crippen molar-refractivity contribution in [2.75, 3.05) is 44.6 Å². The molecule has 0 radical (unpaired) electrons. The number of carbonyl (C=O) groups excluding carboxylic acids is 1. The Morgan fingerprint density at radius 1 is 1.11 bits per heavy atom. The van der Waals surface area contributed by atoms with Crippen LogP contribution in [0.3, 0.4) is 0 Å². The number of ether oxygens (including phenoxy) is 1. The van der Waals surface area contributed by atoms with Crippen LogP contribution in [0.25, 0.3) is 0 Å². The predicted octanol–water partition coefficient (Wildman–Crippen LogP) is 2.99. The quantitative estimate of drug-likeness (QED) is 0.791. The number of rotatable bonds is 7. The van der Waals surface area contributed by atoms with Crippen molar-refractivity contribution in [3.8, 4) is 5.75 Å². The van der Waals surface area contributed by atoms with Gasteiger partial charge < -0.3 is 10.1 Å². The molecule has 0 aromatic heterocycles. The van der Waals surface area contributed by atoms with Crippen molar-refractivity contribution >= 4 is 11.6 Å². The van der Waals surface area contributed by atoms with Crippen LogP contribution in [0.2, 0.25) is 0 Å². The van der Waals surface area contributed by atoms with Gasteiger partial charge in [0.1, 0.15) is 24.0 Å². The highest BCUT2D eigenvalue weighted by molar-refractivity contribution is 5.94. The molecule has 0 spiro atoms. The van der Waals surface area contributed by atoms with Gasteiger partial charge in [-0.3, -0.25) is 14.6 Å². The summed E-state index contributed by atoms with van der Waals surface area (Å²) in [6.07, 6.45) is 0. The van der Waals surface area contributed by atoms with E-state index < -0.39 is 17.7 Å². The van der Waals surface area contributed by atoms with Crippen molar-refractivity contribution in [2.24, 2.45) is 0 Å². The molecule has 1 atom stereocenters. The summed E-state index contributed by atoms with van der Waals surface area (Å²) in [5, 5.41) is 2.48. The SMILES string of the molecule is CC(C(=O)Nc1cc(F)ccc1F)N1CCN(CCOc2ccccc2)CC1. The Bertz CT molecular complexity index is 780. The lowest BCUT2D eigenvalue weighted by Crippen LogP contribution is -2.53. The molecule has 3 rings (SSSR count). The number of amides is 1. The average molecular weight is 389 g/mol. The number of nitrogens with one attached hydrogen (secondary N) is 1. The van der Waals surface area contributed by atoms with Crippen LogP contribution >= 0.6 is 0 Å². The highest BCUT2D eigenvalue weighted by Crippen LogP contribution is 2.17. The molecule has 1 N–H and O–H groups in total. The number of carbonyl (C=O) groups is 1. The third-order valence-electron chi connectivity index (χ3n) is 4.94. The van der Waals surface area contributed by atoms with Crippen LogP contribution in [0.1, 0.15) is 6.92 Å². The van der Waals surface area contributed by atoms with Crippen LogP contribution in [-0.4, -0.2) is 61.1 Å². The van der Waals surface area contributed by atoms with Crippen LogP contribution in [0, 0.1) is 11.6 Å². The fraction of sp³-hybridized carbons (Fsp3) is 0.381. The molecule has 2 aromatic carbocycles. The maximum absolute atomic E-state index is 13.7. The van der Waals surface area contributed by atoms with E-state index in [1.54, 1.807) is 6.92 Å². The smallest absolute Gasteiger partial charge is 0.241 e. The van der Waals surface area contributed by atoms with E-state index in [0.29, 0.717) is 6.61 Å². The zero-order valence-corrected chi connectivity index (χ0v) is 15.9. The van der Waals surface area contributed by atoms with Crippen LogP contribution in [-0.2, 0) is 4.79 Å². The first-order valence-corrected chi connectivity index (χ1v) is 9.43. The first-order chi connectivity index (χ1) is 13.5. The molecule has 1 fully saturated rings. The molecular formula is C21H25F2N3O2. The molecule has 150 valence electrons. The van der Waals surface area contributed by atoms with E-state index in [0.717, 1.165) is 56.7 Å². The highest BCUT2D eigenvalue weighted by Gasteiger charge is 2.26. The Kier molecular flexibility index (Phi) is 6.95. The fourth-order valence-corrected chi connectivity index (χ4v) is 3.18. The van der Waals surface area contributed by atoms with E-state index in [1.165, 1.54) is 0 Å². The number of halogens is 2. The molecule has 1 aliphatic rings. The zero-order chi connectivity index (χ0) is 19.9. The van der Waals surface area contributed by atoms with Gasteiger partial charge in [-0.1, -0.05) is 18.2 Å².